The Kier molecular flexibility index (Phi) is 3.30. The predicted molar refractivity (Wildman–Crippen MR) is 51.8 cm³/mol. The molecule has 0 spiro atoms. The van der Waals surface area contributed by atoms with Gasteiger partial charge >= 0.3 is 5.97 Å². The van der Waals surface area contributed by atoms with Gasteiger partial charge in [0.2, 0.25) is 0 Å². The molecule has 0 saturated heterocycles. The van der Waals surface area contributed by atoms with Gasteiger partial charge in [0.15, 0.2) is 0 Å². The molecule has 76 valence electrons. The van der Waals surface area contributed by atoms with E-state index in [1.165, 1.54) is 6.07 Å². The van der Waals surface area contributed by atoms with E-state index in [9.17, 15) is 9.18 Å². The second-order valence-corrected chi connectivity index (χ2v) is 2.98. The Morgan fingerprint density at radius 3 is 2.79 bits per heavy atom. The first-order valence-corrected chi connectivity index (χ1v) is 4.35. The van der Waals surface area contributed by atoms with Crippen molar-refractivity contribution in [3.8, 4) is 0 Å². The van der Waals surface area contributed by atoms with Gasteiger partial charge in [0.1, 0.15) is 5.82 Å². The topological polar surface area (TPSA) is 52.3 Å². The molecule has 0 aromatic heterocycles. The fourth-order valence-corrected chi connectivity index (χ4v) is 1.12. The zero-order chi connectivity index (χ0) is 10.7. The molecule has 0 fully saturated rings. The van der Waals surface area contributed by atoms with Gasteiger partial charge in [0, 0.05) is 0 Å². The van der Waals surface area contributed by atoms with E-state index in [0.29, 0.717) is 0 Å². The maximum atomic E-state index is 13.0. The average Bonchev–Trinajstić information content (AvgIpc) is 2.13. The van der Waals surface area contributed by atoms with Crippen LogP contribution in [0.15, 0.2) is 12.1 Å². The molecule has 0 bridgehead atoms. The maximum Gasteiger partial charge on any atom is 0.338 e. The van der Waals surface area contributed by atoms with Crippen LogP contribution >= 0.6 is 11.6 Å². The van der Waals surface area contributed by atoms with Crippen molar-refractivity contribution in [1.29, 1.82) is 0 Å². The Bertz CT molecular complexity index is 345. The van der Waals surface area contributed by atoms with E-state index in [1.54, 1.807) is 6.92 Å². The zero-order valence-corrected chi connectivity index (χ0v) is 8.27. The molecule has 5 heteroatoms. The number of hydrogen-bond donors (Lipinski definition) is 1. The van der Waals surface area contributed by atoms with Crippen LogP contribution in [0.3, 0.4) is 0 Å². The summed E-state index contributed by atoms with van der Waals surface area (Å²) in [5.74, 6) is -1.34. The molecule has 1 aromatic rings. The molecule has 0 aliphatic carbocycles. The molecule has 0 aliphatic heterocycles. The fourth-order valence-electron chi connectivity index (χ4n) is 0.917. The molecule has 0 unspecified atom stereocenters. The summed E-state index contributed by atoms with van der Waals surface area (Å²) in [4.78, 5) is 11.2. The summed E-state index contributed by atoms with van der Waals surface area (Å²) < 4.78 is 17.7. The van der Waals surface area contributed by atoms with Crippen LogP contribution in [0.25, 0.3) is 0 Å². The highest BCUT2D eigenvalue weighted by Crippen LogP contribution is 2.23. The van der Waals surface area contributed by atoms with Gasteiger partial charge in [0.05, 0.1) is 22.9 Å². The van der Waals surface area contributed by atoms with Gasteiger partial charge in [-0.3, -0.25) is 0 Å². The third-order valence-electron chi connectivity index (χ3n) is 1.59. The number of anilines is 1. The summed E-state index contributed by atoms with van der Waals surface area (Å²) in [6.07, 6.45) is 0. The Balaban J connectivity index is 3.06. The van der Waals surface area contributed by atoms with Gasteiger partial charge in [-0.25, -0.2) is 9.18 Å². The third kappa shape index (κ3) is 2.14. The number of esters is 1. The second-order valence-electron chi connectivity index (χ2n) is 2.57. The average molecular weight is 218 g/mol. The number of rotatable bonds is 2. The Labute approximate surface area is 85.6 Å². The highest BCUT2D eigenvalue weighted by atomic mass is 35.5. The Hall–Kier alpha value is -1.29. The Morgan fingerprint density at radius 1 is 1.64 bits per heavy atom. The van der Waals surface area contributed by atoms with E-state index in [2.05, 4.69) is 4.74 Å². The van der Waals surface area contributed by atoms with Crippen molar-refractivity contribution in [3.05, 3.63) is 28.5 Å². The van der Waals surface area contributed by atoms with Crippen LogP contribution in [0.4, 0.5) is 10.1 Å². The minimum absolute atomic E-state index is 0.00746. The van der Waals surface area contributed by atoms with Crippen molar-refractivity contribution >= 4 is 23.3 Å². The lowest BCUT2D eigenvalue weighted by molar-refractivity contribution is 0.0526. The molecule has 0 radical (unpaired) electrons. The Morgan fingerprint density at radius 2 is 2.29 bits per heavy atom. The summed E-state index contributed by atoms with van der Waals surface area (Å²) in [5, 5.41) is 0.00746. The summed E-state index contributed by atoms with van der Waals surface area (Å²) in [7, 11) is 0. The smallest absolute Gasteiger partial charge is 0.338 e. The van der Waals surface area contributed by atoms with Crippen LogP contribution in [0.2, 0.25) is 5.02 Å². The van der Waals surface area contributed by atoms with E-state index in [1.807, 2.05) is 0 Å². The third-order valence-corrected chi connectivity index (χ3v) is 1.90. The second kappa shape index (κ2) is 4.28. The van der Waals surface area contributed by atoms with Crippen molar-refractivity contribution in [3.63, 3.8) is 0 Å². The standard InChI is InChI=1S/C9H9ClFNO2/c1-2-14-9(13)5-3-6(10)8(12)7(11)4-5/h3-4H,2,12H2,1H3. The number of hydrogen-bond acceptors (Lipinski definition) is 3. The minimum Gasteiger partial charge on any atom is -0.462 e. The molecule has 0 amide bonds. The van der Waals surface area contributed by atoms with Crippen molar-refractivity contribution < 1.29 is 13.9 Å². The summed E-state index contributed by atoms with van der Waals surface area (Å²) in [5.41, 5.74) is 5.16. The normalized spacial score (nSPS) is 9.93. The molecular weight excluding hydrogens is 209 g/mol. The largest absolute Gasteiger partial charge is 0.462 e. The molecular formula is C9H9ClFNO2. The number of ether oxygens (including phenoxy) is 1. The number of carbonyl (C=O) groups excluding carboxylic acids is 1. The van der Waals surface area contributed by atoms with Crippen molar-refractivity contribution in [2.75, 3.05) is 12.3 Å². The van der Waals surface area contributed by atoms with Crippen LogP contribution in [-0.2, 0) is 4.74 Å². The molecule has 0 aliphatic rings. The quantitative estimate of drug-likeness (QED) is 0.611. The number of halogens is 2. The monoisotopic (exact) mass is 217 g/mol. The lowest BCUT2D eigenvalue weighted by Gasteiger charge is -2.04. The first-order valence-electron chi connectivity index (χ1n) is 3.98. The van der Waals surface area contributed by atoms with Gasteiger partial charge in [-0.1, -0.05) is 11.6 Å². The van der Waals surface area contributed by atoms with Gasteiger partial charge in [0.25, 0.3) is 0 Å². The number of carbonyl (C=O) groups is 1. The summed E-state index contributed by atoms with van der Waals surface area (Å²) >= 11 is 5.59. The maximum absolute atomic E-state index is 13.0. The van der Waals surface area contributed by atoms with E-state index in [-0.39, 0.29) is 22.9 Å². The van der Waals surface area contributed by atoms with Crippen LogP contribution in [0.1, 0.15) is 17.3 Å². The van der Waals surface area contributed by atoms with Gasteiger partial charge in [-0.05, 0) is 19.1 Å². The minimum atomic E-state index is -0.722. The molecule has 0 atom stereocenters. The lowest BCUT2D eigenvalue weighted by Crippen LogP contribution is -2.06. The highest BCUT2D eigenvalue weighted by molar-refractivity contribution is 6.33. The lowest BCUT2D eigenvalue weighted by atomic mass is 10.2. The van der Waals surface area contributed by atoms with Crippen LogP contribution in [-0.4, -0.2) is 12.6 Å². The van der Waals surface area contributed by atoms with Crippen molar-refractivity contribution in [2.24, 2.45) is 0 Å². The van der Waals surface area contributed by atoms with Gasteiger partial charge < -0.3 is 10.5 Å². The van der Waals surface area contributed by atoms with E-state index < -0.39 is 11.8 Å². The molecule has 2 N–H and O–H groups in total. The molecule has 3 nitrogen and oxygen atoms in total. The molecule has 1 aromatic carbocycles. The molecule has 14 heavy (non-hydrogen) atoms. The summed E-state index contributed by atoms with van der Waals surface area (Å²) in [6, 6.07) is 2.27. The fraction of sp³-hybridized carbons (Fsp3) is 0.222. The number of nitrogens with two attached hydrogens (primary N) is 1. The van der Waals surface area contributed by atoms with Gasteiger partial charge in [-0.2, -0.15) is 0 Å². The first-order chi connectivity index (χ1) is 6.56. The van der Waals surface area contributed by atoms with E-state index in [4.69, 9.17) is 17.3 Å². The summed E-state index contributed by atoms with van der Waals surface area (Å²) in [6.45, 7) is 1.88. The number of benzene rings is 1. The molecule has 0 heterocycles. The highest BCUT2D eigenvalue weighted by Gasteiger charge is 2.12. The number of nitrogen functional groups attached to an aromatic ring is 1. The SMILES string of the molecule is CCOC(=O)c1cc(F)c(N)c(Cl)c1. The van der Waals surface area contributed by atoms with Crippen molar-refractivity contribution in [2.45, 2.75) is 6.92 Å². The first kappa shape index (κ1) is 10.8. The van der Waals surface area contributed by atoms with Crippen LogP contribution in [0, 0.1) is 5.82 Å². The predicted octanol–water partition coefficient (Wildman–Crippen LogP) is 2.24. The van der Waals surface area contributed by atoms with Crippen LogP contribution < -0.4 is 5.73 Å². The van der Waals surface area contributed by atoms with Gasteiger partial charge in [-0.15, -0.1) is 0 Å². The molecule has 1 rings (SSSR count). The van der Waals surface area contributed by atoms with Crippen LogP contribution in [0.5, 0.6) is 0 Å². The molecule has 0 saturated carbocycles. The van der Waals surface area contributed by atoms with Crippen molar-refractivity contribution in [1.82, 2.24) is 0 Å². The zero-order valence-electron chi connectivity index (χ0n) is 7.51. The van der Waals surface area contributed by atoms with E-state index >= 15 is 0 Å². The van der Waals surface area contributed by atoms with E-state index in [0.717, 1.165) is 6.07 Å².